The van der Waals surface area contributed by atoms with E-state index in [1.54, 1.807) is 4.52 Å². The van der Waals surface area contributed by atoms with Crippen LogP contribution in [0, 0.1) is 6.92 Å². The zero-order valence-electron chi connectivity index (χ0n) is 19.3. The van der Waals surface area contributed by atoms with Gasteiger partial charge < -0.3 is 19.9 Å². The molecule has 5 heterocycles. The molecule has 172 valence electrons. The van der Waals surface area contributed by atoms with Gasteiger partial charge in [-0.2, -0.15) is 0 Å². The topological polar surface area (TPSA) is 75.0 Å². The van der Waals surface area contributed by atoms with Gasteiger partial charge in [-0.25, -0.2) is 9.50 Å². The maximum atomic E-state index is 13.2. The molecule has 1 aromatic carbocycles. The molecule has 3 aromatic rings. The van der Waals surface area contributed by atoms with Gasteiger partial charge in [0.2, 0.25) is 5.82 Å². The summed E-state index contributed by atoms with van der Waals surface area (Å²) in [6, 6.07) is 12.9. The molecule has 2 aromatic heterocycles. The van der Waals surface area contributed by atoms with E-state index in [1.165, 1.54) is 5.56 Å². The number of pyridine rings is 1. The van der Waals surface area contributed by atoms with Crippen LogP contribution in [-0.4, -0.2) is 76.9 Å². The third-order valence-electron chi connectivity index (χ3n) is 7.53. The van der Waals surface area contributed by atoms with Crippen LogP contribution in [0.2, 0.25) is 0 Å². The lowest BCUT2D eigenvalue weighted by Crippen LogP contribution is -2.69. The van der Waals surface area contributed by atoms with Crippen molar-refractivity contribution in [2.45, 2.75) is 31.3 Å². The smallest absolute Gasteiger partial charge is 0.293 e. The highest BCUT2D eigenvalue weighted by Crippen LogP contribution is 2.36. The largest absolute Gasteiger partial charge is 0.369 e. The lowest BCUT2D eigenvalue weighted by atomic mass is 9.82. The third-order valence-corrected chi connectivity index (χ3v) is 7.53. The van der Waals surface area contributed by atoms with E-state index < -0.39 is 0 Å². The van der Waals surface area contributed by atoms with Crippen LogP contribution in [0.3, 0.4) is 0 Å². The van der Waals surface area contributed by atoms with Gasteiger partial charge in [0.1, 0.15) is 5.60 Å². The zero-order chi connectivity index (χ0) is 22.6. The van der Waals surface area contributed by atoms with E-state index >= 15 is 0 Å². The monoisotopic (exact) mass is 446 g/mol. The summed E-state index contributed by atoms with van der Waals surface area (Å²) in [5.74, 6) is 0.141. The minimum absolute atomic E-state index is 0.118. The molecule has 3 aliphatic heterocycles. The molecule has 3 aliphatic rings. The Morgan fingerprint density at radius 3 is 2.73 bits per heavy atom. The summed E-state index contributed by atoms with van der Waals surface area (Å²) >= 11 is 0. The van der Waals surface area contributed by atoms with Crippen molar-refractivity contribution in [1.29, 1.82) is 0 Å². The first-order valence-electron chi connectivity index (χ1n) is 11.8. The fourth-order valence-corrected chi connectivity index (χ4v) is 5.43. The maximum absolute atomic E-state index is 13.2. The van der Waals surface area contributed by atoms with Gasteiger partial charge in [0.15, 0.2) is 5.65 Å². The van der Waals surface area contributed by atoms with Crippen molar-refractivity contribution in [3.63, 3.8) is 0 Å². The standard InChI is InChI=1S/C25H30N6O2/c1-18-12-20(29-9-8-24(2,16-29)19-6-4-3-5-7-19)13-31-22(18)27-21(28-31)23(32)30-10-11-33-25(17-30)14-26-15-25/h3-7,12-13,26H,8-11,14-17H2,1-2H3/t24-/m0/s1. The second kappa shape index (κ2) is 7.53. The van der Waals surface area contributed by atoms with E-state index in [1.807, 2.05) is 18.0 Å². The van der Waals surface area contributed by atoms with E-state index in [0.29, 0.717) is 19.7 Å². The van der Waals surface area contributed by atoms with Gasteiger partial charge in [-0.15, -0.1) is 5.10 Å². The van der Waals surface area contributed by atoms with Gasteiger partial charge in [-0.05, 0) is 30.5 Å². The van der Waals surface area contributed by atoms with Gasteiger partial charge in [-0.1, -0.05) is 37.3 Å². The number of hydrogen-bond donors (Lipinski definition) is 1. The Morgan fingerprint density at radius 2 is 1.97 bits per heavy atom. The van der Waals surface area contributed by atoms with Crippen molar-refractivity contribution < 1.29 is 9.53 Å². The number of rotatable bonds is 3. The number of benzene rings is 1. The fourth-order valence-electron chi connectivity index (χ4n) is 5.43. The average Bonchev–Trinajstić information content (AvgIpc) is 3.43. The number of ether oxygens (including phenoxy) is 1. The first kappa shape index (κ1) is 20.6. The van der Waals surface area contributed by atoms with E-state index in [-0.39, 0.29) is 22.7 Å². The molecule has 1 amide bonds. The molecule has 0 unspecified atom stereocenters. The van der Waals surface area contributed by atoms with Crippen molar-refractivity contribution in [2.75, 3.05) is 50.8 Å². The molecule has 6 rings (SSSR count). The molecule has 0 saturated carbocycles. The van der Waals surface area contributed by atoms with Crippen molar-refractivity contribution in [2.24, 2.45) is 0 Å². The predicted molar refractivity (Wildman–Crippen MR) is 126 cm³/mol. The summed E-state index contributed by atoms with van der Waals surface area (Å²) in [6.07, 6.45) is 3.11. The molecular weight excluding hydrogens is 416 g/mol. The van der Waals surface area contributed by atoms with Crippen molar-refractivity contribution in [1.82, 2.24) is 24.8 Å². The number of nitrogens with one attached hydrogen (secondary N) is 1. The lowest BCUT2D eigenvalue weighted by Gasteiger charge is -2.48. The Kier molecular flexibility index (Phi) is 4.71. The van der Waals surface area contributed by atoms with E-state index in [0.717, 1.165) is 49.5 Å². The summed E-state index contributed by atoms with van der Waals surface area (Å²) in [4.78, 5) is 22.1. The third kappa shape index (κ3) is 3.48. The van der Waals surface area contributed by atoms with Crippen LogP contribution < -0.4 is 10.2 Å². The van der Waals surface area contributed by atoms with Crippen molar-refractivity contribution in [3.8, 4) is 0 Å². The quantitative estimate of drug-likeness (QED) is 0.664. The molecule has 1 N–H and O–H groups in total. The molecule has 3 saturated heterocycles. The predicted octanol–water partition coefficient (Wildman–Crippen LogP) is 2.02. The Balaban J connectivity index is 1.25. The first-order chi connectivity index (χ1) is 15.9. The Hall–Kier alpha value is -2.97. The SMILES string of the molecule is Cc1cc(N2CC[C@](C)(c3ccccc3)C2)cn2nc(C(=O)N3CCOC4(CNC4)C3)nc12. The van der Waals surface area contributed by atoms with Crippen molar-refractivity contribution >= 4 is 17.2 Å². The van der Waals surface area contributed by atoms with E-state index in [4.69, 9.17) is 4.74 Å². The number of carbonyl (C=O) groups is 1. The molecule has 3 fully saturated rings. The van der Waals surface area contributed by atoms with Crippen LogP contribution in [-0.2, 0) is 10.2 Å². The first-order valence-corrected chi connectivity index (χ1v) is 11.8. The highest BCUT2D eigenvalue weighted by atomic mass is 16.5. The van der Waals surface area contributed by atoms with Gasteiger partial charge in [0.05, 0.1) is 25.0 Å². The Labute approximate surface area is 193 Å². The summed E-state index contributed by atoms with van der Waals surface area (Å²) in [6.45, 7) is 9.61. The summed E-state index contributed by atoms with van der Waals surface area (Å²) in [5.41, 5.74) is 4.14. The number of morpholine rings is 1. The maximum Gasteiger partial charge on any atom is 0.293 e. The molecular formula is C25H30N6O2. The minimum Gasteiger partial charge on any atom is -0.369 e. The summed E-state index contributed by atoms with van der Waals surface area (Å²) in [7, 11) is 0. The van der Waals surface area contributed by atoms with E-state index in [9.17, 15) is 4.79 Å². The molecule has 1 atom stereocenters. The number of anilines is 1. The molecule has 0 aliphatic carbocycles. The number of nitrogens with zero attached hydrogens (tertiary/aromatic N) is 5. The molecule has 8 nitrogen and oxygen atoms in total. The minimum atomic E-state index is -0.239. The summed E-state index contributed by atoms with van der Waals surface area (Å²) in [5, 5.41) is 7.84. The van der Waals surface area contributed by atoms with Crippen LogP contribution in [0.25, 0.3) is 5.65 Å². The summed E-state index contributed by atoms with van der Waals surface area (Å²) < 4.78 is 7.68. The number of hydrogen-bond acceptors (Lipinski definition) is 6. The Morgan fingerprint density at radius 1 is 1.15 bits per heavy atom. The van der Waals surface area contributed by atoms with Crippen LogP contribution >= 0.6 is 0 Å². The normalized spacial score (nSPS) is 24.4. The second-order valence-corrected chi connectivity index (χ2v) is 10.0. The molecule has 0 bridgehead atoms. The Bertz CT molecular complexity index is 1200. The number of aryl methyl sites for hydroxylation is 1. The molecule has 0 radical (unpaired) electrons. The number of carbonyl (C=O) groups excluding carboxylic acids is 1. The molecule has 8 heteroatoms. The number of aromatic nitrogens is 3. The lowest BCUT2D eigenvalue weighted by molar-refractivity contribution is -0.126. The van der Waals surface area contributed by atoms with Crippen LogP contribution in [0.5, 0.6) is 0 Å². The molecule has 33 heavy (non-hydrogen) atoms. The van der Waals surface area contributed by atoms with E-state index in [2.05, 4.69) is 63.6 Å². The van der Waals surface area contributed by atoms with Crippen LogP contribution in [0.15, 0.2) is 42.6 Å². The number of fused-ring (bicyclic) bond motifs is 1. The zero-order valence-corrected chi connectivity index (χ0v) is 19.3. The van der Waals surface area contributed by atoms with Gasteiger partial charge in [-0.3, -0.25) is 4.79 Å². The van der Waals surface area contributed by atoms with Gasteiger partial charge >= 0.3 is 0 Å². The average molecular weight is 447 g/mol. The van der Waals surface area contributed by atoms with Crippen LogP contribution in [0.1, 0.15) is 35.1 Å². The van der Waals surface area contributed by atoms with Crippen molar-refractivity contribution in [3.05, 3.63) is 59.5 Å². The van der Waals surface area contributed by atoms with Gasteiger partial charge in [0.25, 0.3) is 5.91 Å². The second-order valence-electron chi connectivity index (χ2n) is 10.0. The highest BCUT2D eigenvalue weighted by Gasteiger charge is 2.44. The number of amides is 1. The fraction of sp³-hybridized carbons (Fsp3) is 0.480. The van der Waals surface area contributed by atoms with Gasteiger partial charge in [0, 0.05) is 38.1 Å². The highest BCUT2D eigenvalue weighted by molar-refractivity contribution is 5.91. The van der Waals surface area contributed by atoms with Crippen LogP contribution in [0.4, 0.5) is 5.69 Å². The molecule has 1 spiro atoms.